The second kappa shape index (κ2) is 6.74. The van der Waals surface area contributed by atoms with Crippen LogP contribution in [0.4, 0.5) is 38.3 Å². The zero-order chi connectivity index (χ0) is 23.1. The van der Waals surface area contributed by atoms with Crippen LogP contribution in [0.5, 0.6) is 5.75 Å². The van der Waals surface area contributed by atoms with Crippen LogP contribution in [-0.4, -0.2) is 23.2 Å². The first-order chi connectivity index (χ1) is 13.3. The van der Waals surface area contributed by atoms with E-state index in [1.165, 1.54) is 6.07 Å². The molecule has 0 spiro atoms. The van der Waals surface area contributed by atoms with Crippen LogP contribution < -0.4 is 10.1 Å². The molecule has 0 heterocycles. The van der Waals surface area contributed by atoms with Crippen LogP contribution >= 0.6 is 10.2 Å². The second-order valence-electron chi connectivity index (χ2n) is 6.51. The molecule has 13 heteroatoms. The highest BCUT2D eigenvalue weighted by atomic mass is 32.5. The molecule has 30 heavy (non-hydrogen) atoms. The Morgan fingerprint density at radius 3 is 2.20 bits per heavy atom. The SMILES string of the molecule is CC(O)(COc1ccccc1C(F)(F)F)C(=O)Nc1cccc(S(F)(F)(F)(F)F)c1. The summed E-state index contributed by atoms with van der Waals surface area (Å²) in [5.41, 5.74) is -4.39. The van der Waals surface area contributed by atoms with Crippen LogP contribution in [-0.2, 0) is 11.0 Å². The molecule has 168 valence electrons. The summed E-state index contributed by atoms with van der Waals surface area (Å²) >= 11 is 0. The first kappa shape index (κ1) is 23.7. The van der Waals surface area contributed by atoms with Crippen molar-refractivity contribution in [3.8, 4) is 5.75 Å². The molecule has 1 unspecified atom stereocenters. The minimum Gasteiger partial charge on any atom is -0.489 e. The largest absolute Gasteiger partial charge is 0.489 e. The Balaban J connectivity index is 2.17. The fraction of sp³-hybridized carbons (Fsp3) is 0.235. The number of carbonyl (C=O) groups excluding carboxylic acids is 1. The molecule has 1 atom stereocenters. The zero-order valence-electron chi connectivity index (χ0n) is 15.0. The van der Waals surface area contributed by atoms with Gasteiger partial charge in [-0.1, -0.05) is 37.6 Å². The van der Waals surface area contributed by atoms with E-state index in [1.54, 1.807) is 5.32 Å². The third-order valence-corrected chi connectivity index (χ3v) is 4.87. The highest BCUT2D eigenvalue weighted by Crippen LogP contribution is 3.02. The minimum absolute atomic E-state index is 0.0185. The molecule has 0 aromatic heterocycles. The molecular formula is C17H15F8NO3S. The predicted molar refractivity (Wildman–Crippen MR) is 94.0 cm³/mol. The Bertz CT molecular complexity index is 958. The van der Waals surface area contributed by atoms with Gasteiger partial charge in [0.1, 0.15) is 17.3 Å². The number of rotatable bonds is 6. The lowest BCUT2D eigenvalue weighted by Crippen LogP contribution is -2.45. The molecule has 0 bridgehead atoms. The van der Waals surface area contributed by atoms with Crippen LogP contribution in [0.25, 0.3) is 0 Å². The van der Waals surface area contributed by atoms with Crippen molar-refractivity contribution in [3.63, 3.8) is 0 Å². The van der Waals surface area contributed by atoms with Crippen LogP contribution in [0, 0.1) is 0 Å². The summed E-state index contributed by atoms with van der Waals surface area (Å²) in [7, 11) is -10.0. The third-order valence-electron chi connectivity index (χ3n) is 3.73. The van der Waals surface area contributed by atoms with E-state index in [2.05, 4.69) is 0 Å². The van der Waals surface area contributed by atoms with Crippen molar-refractivity contribution < 1.29 is 47.2 Å². The van der Waals surface area contributed by atoms with Gasteiger partial charge in [0.2, 0.25) is 0 Å². The number of alkyl halides is 3. The fourth-order valence-corrected chi connectivity index (χ4v) is 2.88. The van der Waals surface area contributed by atoms with Gasteiger partial charge in [-0.15, -0.1) is 0 Å². The van der Waals surface area contributed by atoms with E-state index in [4.69, 9.17) is 4.74 Å². The minimum atomic E-state index is -10.0. The van der Waals surface area contributed by atoms with Gasteiger partial charge in [-0.3, -0.25) is 4.79 Å². The van der Waals surface area contributed by atoms with E-state index in [-0.39, 0.29) is 12.1 Å². The summed E-state index contributed by atoms with van der Waals surface area (Å²) in [5, 5.41) is 12.0. The van der Waals surface area contributed by atoms with Gasteiger partial charge in [-0.05, 0) is 37.3 Å². The molecule has 0 radical (unpaired) electrons. The van der Waals surface area contributed by atoms with Gasteiger partial charge in [0.25, 0.3) is 5.91 Å². The molecule has 4 nitrogen and oxygen atoms in total. The molecular weight excluding hydrogens is 450 g/mol. The number of nitrogens with one attached hydrogen (secondary N) is 1. The smallest absolute Gasteiger partial charge is 0.419 e. The molecule has 2 rings (SSSR count). The number of hydrogen-bond donors (Lipinski definition) is 2. The Morgan fingerprint density at radius 1 is 1.03 bits per heavy atom. The van der Waals surface area contributed by atoms with E-state index in [9.17, 15) is 42.5 Å². The van der Waals surface area contributed by atoms with E-state index in [1.807, 2.05) is 0 Å². The lowest BCUT2D eigenvalue weighted by Gasteiger charge is -2.40. The Kier molecular flexibility index (Phi) is 5.33. The van der Waals surface area contributed by atoms with E-state index < -0.39 is 56.4 Å². The normalized spacial score (nSPS) is 16.7. The van der Waals surface area contributed by atoms with Crippen molar-refractivity contribution in [1.29, 1.82) is 0 Å². The molecule has 2 aromatic carbocycles. The van der Waals surface area contributed by atoms with Crippen LogP contribution in [0.2, 0.25) is 0 Å². The molecule has 0 fully saturated rings. The summed E-state index contributed by atoms with van der Waals surface area (Å²) in [6.45, 7) is -0.181. The highest BCUT2D eigenvalue weighted by Gasteiger charge is 2.65. The highest BCUT2D eigenvalue weighted by molar-refractivity contribution is 8.45. The summed E-state index contributed by atoms with van der Waals surface area (Å²) in [6.07, 6.45) is -4.78. The monoisotopic (exact) mass is 465 g/mol. The van der Waals surface area contributed by atoms with Crippen molar-refractivity contribution >= 4 is 21.8 Å². The van der Waals surface area contributed by atoms with E-state index >= 15 is 0 Å². The summed E-state index contributed by atoms with van der Waals surface area (Å²) < 4.78 is 108. The van der Waals surface area contributed by atoms with Gasteiger partial charge < -0.3 is 15.2 Å². The Labute approximate surface area is 165 Å². The van der Waals surface area contributed by atoms with Crippen LogP contribution in [0.1, 0.15) is 12.5 Å². The molecule has 0 aliphatic rings. The Morgan fingerprint density at radius 2 is 1.63 bits per heavy atom. The maximum Gasteiger partial charge on any atom is 0.419 e. The summed E-state index contributed by atoms with van der Waals surface area (Å²) in [4.78, 5) is 9.87. The lowest BCUT2D eigenvalue weighted by molar-refractivity contribution is -0.140. The number of hydrogen-bond acceptors (Lipinski definition) is 3. The maximum atomic E-state index is 12.9. The van der Waals surface area contributed by atoms with Gasteiger partial charge in [-0.25, -0.2) is 0 Å². The van der Waals surface area contributed by atoms with Gasteiger partial charge in [0.15, 0.2) is 5.60 Å². The van der Waals surface area contributed by atoms with Gasteiger partial charge in [0, 0.05) is 5.69 Å². The molecule has 2 aromatic rings. The molecule has 0 aliphatic carbocycles. The number of benzene rings is 2. The van der Waals surface area contributed by atoms with Crippen LogP contribution in [0.15, 0.2) is 53.4 Å². The van der Waals surface area contributed by atoms with Crippen molar-refractivity contribution in [2.24, 2.45) is 0 Å². The van der Waals surface area contributed by atoms with Crippen LogP contribution in [0.3, 0.4) is 0 Å². The third kappa shape index (κ3) is 5.98. The van der Waals surface area contributed by atoms with Crippen molar-refractivity contribution in [1.82, 2.24) is 0 Å². The zero-order valence-corrected chi connectivity index (χ0v) is 15.8. The number of ether oxygens (including phenoxy) is 1. The second-order valence-corrected chi connectivity index (χ2v) is 8.92. The number of carbonyl (C=O) groups is 1. The molecule has 0 aliphatic heterocycles. The number of aliphatic hydroxyl groups is 1. The predicted octanol–water partition coefficient (Wildman–Crippen LogP) is 6.13. The summed E-state index contributed by atoms with van der Waals surface area (Å²) in [5.74, 6) is -2.08. The van der Waals surface area contributed by atoms with Gasteiger partial charge in [-0.2, -0.15) is 13.2 Å². The average Bonchev–Trinajstić information content (AvgIpc) is 2.58. The van der Waals surface area contributed by atoms with Gasteiger partial charge >= 0.3 is 16.4 Å². The molecule has 0 saturated carbocycles. The molecule has 2 N–H and O–H groups in total. The standard InChI is InChI=1S/C17H15F8NO3S/c1-16(28,10-29-14-8-3-2-7-13(14)17(18,19)20)15(27)26-11-5-4-6-12(9-11)30(21,22,23,24)25/h2-9,28H,10H2,1H3,(H,26,27). The molecule has 0 saturated heterocycles. The number of halogens is 8. The number of para-hydroxylation sites is 1. The topological polar surface area (TPSA) is 58.6 Å². The van der Waals surface area contributed by atoms with E-state index in [0.29, 0.717) is 12.1 Å². The van der Waals surface area contributed by atoms with Crippen molar-refractivity contribution in [2.75, 3.05) is 11.9 Å². The number of anilines is 1. The molecule has 1 amide bonds. The maximum absolute atomic E-state index is 12.9. The van der Waals surface area contributed by atoms with Crippen molar-refractivity contribution in [3.05, 3.63) is 54.1 Å². The van der Waals surface area contributed by atoms with Gasteiger partial charge in [0.05, 0.1) is 5.56 Å². The van der Waals surface area contributed by atoms with E-state index in [0.717, 1.165) is 25.1 Å². The first-order valence-corrected chi connectivity index (χ1v) is 9.92. The first-order valence-electron chi connectivity index (χ1n) is 7.97. The summed E-state index contributed by atoms with van der Waals surface area (Å²) in [6, 6.07) is 5.53. The average molecular weight is 465 g/mol. The quantitative estimate of drug-likeness (QED) is 0.505. The Hall–Kier alpha value is -2.54. The number of amides is 1. The fourth-order valence-electron chi connectivity index (χ4n) is 2.19. The lowest BCUT2D eigenvalue weighted by atomic mass is 10.1. The van der Waals surface area contributed by atoms with Crippen molar-refractivity contribution in [2.45, 2.75) is 23.6 Å².